The Hall–Kier alpha value is -0.410. The molecule has 0 bridgehead atoms. The van der Waals surface area contributed by atoms with Gasteiger partial charge >= 0.3 is 0 Å². The van der Waals surface area contributed by atoms with Crippen LogP contribution >= 0.6 is 0 Å². The third-order valence-electron chi connectivity index (χ3n) is 3.92. The van der Waals surface area contributed by atoms with E-state index in [1.54, 1.807) is 6.08 Å². The number of unbranched alkanes of at least 4 members (excludes halogenated alkanes) is 11. The molecule has 0 aliphatic rings. The predicted molar refractivity (Wildman–Crippen MR) is 90.2 cm³/mol. The SMILES string of the molecule is CCCCCCCCCCCCCC=C[C@@H](O)[C@@H](N)CF. The summed E-state index contributed by atoms with van der Waals surface area (Å²) < 4.78 is 12.2. The molecular weight excluding hydrogens is 265 g/mol. The molecule has 0 radical (unpaired) electrons. The fourth-order valence-corrected chi connectivity index (χ4v) is 2.40. The highest BCUT2D eigenvalue weighted by Gasteiger charge is 2.09. The first-order valence-corrected chi connectivity index (χ1v) is 8.88. The third kappa shape index (κ3) is 14.3. The van der Waals surface area contributed by atoms with Crippen molar-refractivity contribution >= 4 is 0 Å². The minimum atomic E-state index is -0.845. The quantitative estimate of drug-likeness (QED) is 0.334. The lowest BCUT2D eigenvalue weighted by Crippen LogP contribution is -2.35. The largest absolute Gasteiger partial charge is 0.387 e. The zero-order valence-corrected chi connectivity index (χ0v) is 13.9. The van der Waals surface area contributed by atoms with Gasteiger partial charge in [0.25, 0.3) is 0 Å². The van der Waals surface area contributed by atoms with Crippen molar-refractivity contribution in [1.29, 1.82) is 0 Å². The van der Waals surface area contributed by atoms with Gasteiger partial charge in [-0.3, -0.25) is 0 Å². The first-order chi connectivity index (χ1) is 10.2. The van der Waals surface area contributed by atoms with E-state index in [2.05, 4.69) is 6.92 Å². The lowest BCUT2D eigenvalue weighted by atomic mass is 10.0. The van der Waals surface area contributed by atoms with E-state index in [1.165, 1.54) is 64.2 Å². The molecule has 0 spiro atoms. The molecule has 2 nitrogen and oxygen atoms in total. The second-order valence-corrected chi connectivity index (χ2v) is 6.06. The lowest BCUT2D eigenvalue weighted by molar-refractivity contribution is 0.174. The maximum absolute atomic E-state index is 12.2. The fourth-order valence-electron chi connectivity index (χ4n) is 2.40. The average Bonchev–Trinajstić information content (AvgIpc) is 2.50. The Kier molecular flexibility index (Phi) is 15.7. The summed E-state index contributed by atoms with van der Waals surface area (Å²) >= 11 is 0. The highest BCUT2D eigenvalue weighted by Crippen LogP contribution is 2.12. The van der Waals surface area contributed by atoms with E-state index < -0.39 is 18.8 Å². The number of alkyl halides is 1. The summed E-state index contributed by atoms with van der Waals surface area (Å²) in [6.07, 6.45) is 18.4. The van der Waals surface area contributed by atoms with E-state index in [-0.39, 0.29) is 0 Å². The van der Waals surface area contributed by atoms with Gasteiger partial charge in [-0.1, -0.05) is 83.3 Å². The zero-order valence-electron chi connectivity index (χ0n) is 13.9. The summed E-state index contributed by atoms with van der Waals surface area (Å²) in [5, 5.41) is 9.44. The van der Waals surface area contributed by atoms with E-state index in [0.29, 0.717) is 0 Å². The van der Waals surface area contributed by atoms with Crippen LogP contribution in [-0.2, 0) is 0 Å². The number of rotatable bonds is 15. The second-order valence-electron chi connectivity index (χ2n) is 6.06. The minimum Gasteiger partial charge on any atom is -0.387 e. The molecule has 0 heterocycles. The van der Waals surface area contributed by atoms with Crippen molar-refractivity contribution in [2.45, 2.75) is 96.1 Å². The predicted octanol–water partition coefficient (Wildman–Crippen LogP) is 4.90. The molecule has 0 aliphatic carbocycles. The fraction of sp³-hybridized carbons (Fsp3) is 0.889. The smallest absolute Gasteiger partial charge is 0.107 e. The Morgan fingerprint density at radius 1 is 0.905 bits per heavy atom. The van der Waals surface area contributed by atoms with E-state index in [0.717, 1.165) is 12.8 Å². The van der Waals surface area contributed by atoms with Crippen LogP contribution in [0, 0.1) is 0 Å². The number of hydrogen-bond acceptors (Lipinski definition) is 2. The lowest BCUT2D eigenvalue weighted by Gasteiger charge is -2.10. The normalized spacial score (nSPS) is 14.7. The number of nitrogens with two attached hydrogens (primary N) is 1. The van der Waals surface area contributed by atoms with Gasteiger partial charge < -0.3 is 10.8 Å². The Labute approximate surface area is 131 Å². The summed E-state index contributed by atoms with van der Waals surface area (Å²) in [5.74, 6) is 0. The Balaban J connectivity index is 3.20. The topological polar surface area (TPSA) is 46.2 Å². The van der Waals surface area contributed by atoms with Crippen LogP contribution in [-0.4, -0.2) is 23.9 Å². The van der Waals surface area contributed by atoms with Crippen LogP contribution in [0.5, 0.6) is 0 Å². The molecule has 0 amide bonds. The van der Waals surface area contributed by atoms with Crippen molar-refractivity contribution in [3.63, 3.8) is 0 Å². The highest BCUT2D eigenvalue weighted by molar-refractivity contribution is 4.93. The Morgan fingerprint density at radius 2 is 1.38 bits per heavy atom. The molecule has 3 heteroatoms. The van der Waals surface area contributed by atoms with E-state index in [4.69, 9.17) is 5.73 Å². The van der Waals surface area contributed by atoms with Gasteiger partial charge in [-0.15, -0.1) is 0 Å². The molecule has 0 fully saturated rings. The third-order valence-corrected chi connectivity index (χ3v) is 3.92. The van der Waals surface area contributed by atoms with Crippen LogP contribution < -0.4 is 5.73 Å². The zero-order chi connectivity index (χ0) is 15.8. The van der Waals surface area contributed by atoms with E-state index in [9.17, 15) is 9.50 Å². The van der Waals surface area contributed by atoms with Crippen molar-refractivity contribution in [3.05, 3.63) is 12.2 Å². The number of aliphatic hydroxyl groups excluding tert-OH is 1. The van der Waals surface area contributed by atoms with Gasteiger partial charge in [-0.25, -0.2) is 4.39 Å². The summed E-state index contributed by atoms with van der Waals surface area (Å²) in [6.45, 7) is 1.58. The Morgan fingerprint density at radius 3 is 1.86 bits per heavy atom. The van der Waals surface area contributed by atoms with Crippen LogP contribution in [0.2, 0.25) is 0 Å². The van der Waals surface area contributed by atoms with Gasteiger partial charge in [0.15, 0.2) is 0 Å². The van der Waals surface area contributed by atoms with Crippen LogP contribution in [0.1, 0.15) is 84.0 Å². The molecule has 0 saturated carbocycles. The molecule has 0 aromatic rings. The maximum atomic E-state index is 12.2. The molecule has 0 aromatic carbocycles. The summed E-state index contributed by atoms with van der Waals surface area (Å²) in [6, 6.07) is -0.779. The van der Waals surface area contributed by atoms with E-state index in [1.807, 2.05) is 6.08 Å². The first-order valence-electron chi connectivity index (χ1n) is 8.88. The molecule has 0 aliphatic heterocycles. The van der Waals surface area contributed by atoms with Gasteiger partial charge in [-0.05, 0) is 12.8 Å². The monoisotopic (exact) mass is 301 g/mol. The molecule has 3 N–H and O–H groups in total. The summed E-state index contributed by atoms with van der Waals surface area (Å²) in [7, 11) is 0. The molecule has 0 unspecified atom stereocenters. The average molecular weight is 301 g/mol. The van der Waals surface area contributed by atoms with Gasteiger partial charge in [-0.2, -0.15) is 0 Å². The summed E-state index contributed by atoms with van der Waals surface area (Å²) in [4.78, 5) is 0. The number of hydrogen-bond donors (Lipinski definition) is 2. The number of halogens is 1. The molecule has 2 atom stereocenters. The van der Waals surface area contributed by atoms with Gasteiger partial charge in [0.05, 0.1) is 12.1 Å². The number of aliphatic hydroxyl groups is 1. The van der Waals surface area contributed by atoms with E-state index >= 15 is 0 Å². The van der Waals surface area contributed by atoms with Gasteiger partial charge in [0.1, 0.15) is 6.67 Å². The molecule has 21 heavy (non-hydrogen) atoms. The molecule has 0 rings (SSSR count). The van der Waals surface area contributed by atoms with Gasteiger partial charge in [0, 0.05) is 0 Å². The van der Waals surface area contributed by atoms with Crippen molar-refractivity contribution in [2.75, 3.05) is 6.67 Å². The van der Waals surface area contributed by atoms with Crippen LogP contribution in [0.15, 0.2) is 12.2 Å². The second kappa shape index (κ2) is 16.0. The Bertz CT molecular complexity index is 233. The van der Waals surface area contributed by atoms with Crippen LogP contribution in [0.4, 0.5) is 4.39 Å². The standard InChI is InChI=1S/C18H36FNO/c1-2-3-4-5-6-7-8-9-10-11-12-13-14-15-18(21)17(20)16-19/h14-15,17-18,21H,2-13,16,20H2,1H3/t17-,18+/m0/s1. The number of allylic oxidation sites excluding steroid dienone is 1. The summed E-state index contributed by atoms with van der Waals surface area (Å²) in [5.41, 5.74) is 5.39. The van der Waals surface area contributed by atoms with Crippen LogP contribution in [0.3, 0.4) is 0 Å². The maximum Gasteiger partial charge on any atom is 0.107 e. The van der Waals surface area contributed by atoms with Crippen molar-refractivity contribution < 1.29 is 9.50 Å². The molecule has 0 saturated heterocycles. The molecule has 126 valence electrons. The highest BCUT2D eigenvalue weighted by atomic mass is 19.1. The van der Waals surface area contributed by atoms with Crippen molar-refractivity contribution in [3.8, 4) is 0 Å². The van der Waals surface area contributed by atoms with Crippen molar-refractivity contribution in [2.24, 2.45) is 5.73 Å². The first kappa shape index (κ1) is 20.6. The molecule has 0 aromatic heterocycles. The minimum absolute atomic E-state index is 0.677. The molecular formula is C18H36FNO. The van der Waals surface area contributed by atoms with Crippen molar-refractivity contribution in [1.82, 2.24) is 0 Å². The van der Waals surface area contributed by atoms with Crippen LogP contribution in [0.25, 0.3) is 0 Å². The van der Waals surface area contributed by atoms with Gasteiger partial charge in [0.2, 0.25) is 0 Å².